The van der Waals surface area contributed by atoms with Gasteiger partial charge in [-0.3, -0.25) is 9.69 Å². The fourth-order valence-electron chi connectivity index (χ4n) is 2.70. The van der Waals surface area contributed by atoms with Crippen LogP contribution in [0.25, 0.3) is 0 Å². The molecular formula is C12H20N2O2. The maximum absolute atomic E-state index is 12.1. The van der Waals surface area contributed by atoms with Gasteiger partial charge in [-0.25, -0.2) is 4.79 Å². The normalized spacial score (nSPS) is 24.1. The van der Waals surface area contributed by atoms with Gasteiger partial charge < -0.3 is 4.90 Å². The summed E-state index contributed by atoms with van der Waals surface area (Å²) < 4.78 is 0. The highest BCUT2D eigenvalue weighted by atomic mass is 16.2. The zero-order valence-corrected chi connectivity index (χ0v) is 9.95. The van der Waals surface area contributed by atoms with Crippen LogP contribution in [0.15, 0.2) is 0 Å². The molecule has 1 aliphatic carbocycles. The van der Waals surface area contributed by atoms with Gasteiger partial charge in [0, 0.05) is 25.6 Å². The predicted molar refractivity (Wildman–Crippen MR) is 61.0 cm³/mol. The molecule has 0 aromatic heterocycles. The van der Waals surface area contributed by atoms with Crippen molar-refractivity contribution in [2.24, 2.45) is 0 Å². The van der Waals surface area contributed by atoms with Gasteiger partial charge in [0.25, 0.3) is 0 Å². The third-order valence-corrected chi connectivity index (χ3v) is 3.66. The number of rotatable bonds is 2. The summed E-state index contributed by atoms with van der Waals surface area (Å²) in [5, 5.41) is 0. The quantitative estimate of drug-likeness (QED) is 0.719. The summed E-state index contributed by atoms with van der Waals surface area (Å²) in [5.41, 5.74) is 0. The van der Waals surface area contributed by atoms with E-state index in [0.717, 1.165) is 25.7 Å². The van der Waals surface area contributed by atoms with Crippen molar-refractivity contribution in [1.82, 2.24) is 9.80 Å². The summed E-state index contributed by atoms with van der Waals surface area (Å²) in [6.07, 6.45) is 6.02. The van der Waals surface area contributed by atoms with Crippen molar-refractivity contribution in [3.05, 3.63) is 0 Å². The lowest BCUT2D eigenvalue weighted by molar-refractivity contribution is -0.133. The van der Waals surface area contributed by atoms with E-state index in [1.807, 2.05) is 6.92 Å². The summed E-state index contributed by atoms with van der Waals surface area (Å²) in [6, 6.07) is 0.105. The minimum atomic E-state index is -0.0642. The van der Waals surface area contributed by atoms with Gasteiger partial charge in [0.15, 0.2) is 0 Å². The Labute approximate surface area is 96.6 Å². The molecule has 0 aromatic carbocycles. The van der Waals surface area contributed by atoms with Crippen molar-refractivity contribution in [2.45, 2.75) is 51.5 Å². The first-order chi connectivity index (χ1) is 7.74. The topological polar surface area (TPSA) is 40.6 Å². The van der Waals surface area contributed by atoms with Crippen LogP contribution in [0.4, 0.5) is 4.79 Å². The van der Waals surface area contributed by atoms with Crippen molar-refractivity contribution in [1.29, 1.82) is 0 Å². The Morgan fingerprint density at radius 2 is 1.88 bits per heavy atom. The van der Waals surface area contributed by atoms with Crippen LogP contribution in [-0.4, -0.2) is 40.9 Å². The van der Waals surface area contributed by atoms with Gasteiger partial charge in [-0.1, -0.05) is 19.3 Å². The van der Waals surface area contributed by atoms with E-state index in [1.165, 1.54) is 11.3 Å². The number of urea groups is 1. The molecule has 0 bridgehead atoms. The van der Waals surface area contributed by atoms with Crippen molar-refractivity contribution in [3.8, 4) is 0 Å². The van der Waals surface area contributed by atoms with Crippen LogP contribution in [0.5, 0.6) is 0 Å². The molecule has 1 saturated heterocycles. The highest BCUT2D eigenvalue weighted by Gasteiger charge is 2.36. The van der Waals surface area contributed by atoms with Crippen LogP contribution in [0, 0.1) is 0 Å². The van der Waals surface area contributed by atoms with Crippen LogP contribution in [0.3, 0.4) is 0 Å². The van der Waals surface area contributed by atoms with Gasteiger partial charge in [0.1, 0.15) is 0 Å². The molecule has 0 radical (unpaired) electrons. The van der Waals surface area contributed by atoms with Gasteiger partial charge >= 0.3 is 6.03 Å². The molecule has 4 nitrogen and oxygen atoms in total. The minimum absolute atomic E-state index is 0.0293. The molecule has 1 aliphatic heterocycles. The summed E-state index contributed by atoms with van der Waals surface area (Å²) in [6.45, 7) is 3.26. The monoisotopic (exact) mass is 224 g/mol. The number of imide groups is 1. The third kappa shape index (κ3) is 2.06. The maximum atomic E-state index is 12.1. The number of hydrogen-bond donors (Lipinski definition) is 0. The Bertz CT molecular complexity index is 285. The second-order valence-electron chi connectivity index (χ2n) is 4.67. The number of amides is 3. The van der Waals surface area contributed by atoms with Crippen molar-refractivity contribution in [3.63, 3.8) is 0 Å². The molecule has 3 amide bonds. The van der Waals surface area contributed by atoms with E-state index in [0.29, 0.717) is 19.5 Å². The summed E-state index contributed by atoms with van der Waals surface area (Å²) in [7, 11) is 0. The van der Waals surface area contributed by atoms with E-state index in [-0.39, 0.29) is 18.0 Å². The zero-order chi connectivity index (χ0) is 11.5. The second-order valence-corrected chi connectivity index (χ2v) is 4.67. The molecule has 90 valence electrons. The van der Waals surface area contributed by atoms with Crippen molar-refractivity contribution < 1.29 is 9.59 Å². The number of carbonyl (C=O) groups is 2. The molecule has 1 heterocycles. The lowest BCUT2D eigenvalue weighted by atomic mass is 9.93. The largest absolute Gasteiger partial charge is 0.326 e. The molecule has 16 heavy (non-hydrogen) atoms. The van der Waals surface area contributed by atoms with E-state index >= 15 is 0 Å². The molecular weight excluding hydrogens is 204 g/mol. The highest BCUT2D eigenvalue weighted by Crippen LogP contribution is 2.25. The molecule has 2 rings (SSSR count). The second kappa shape index (κ2) is 4.85. The van der Waals surface area contributed by atoms with E-state index < -0.39 is 0 Å². The lowest BCUT2D eigenvalue weighted by Gasteiger charge is -2.39. The molecule has 0 atom stereocenters. The van der Waals surface area contributed by atoms with Crippen LogP contribution in [0.2, 0.25) is 0 Å². The Morgan fingerprint density at radius 1 is 1.19 bits per heavy atom. The molecule has 4 heteroatoms. The predicted octanol–water partition coefficient (Wildman–Crippen LogP) is 1.99. The highest BCUT2D eigenvalue weighted by molar-refractivity contribution is 5.97. The summed E-state index contributed by atoms with van der Waals surface area (Å²) in [4.78, 5) is 27.2. The third-order valence-electron chi connectivity index (χ3n) is 3.66. The molecule has 1 saturated carbocycles. The Hall–Kier alpha value is -1.06. The van der Waals surface area contributed by atoms with Gasteiger partial charge in [0.05, 0.1) is 0 Å². The first-order valence-electron chi connectivity index (χ1n) is 6.35. The fourth-order valence-corrected chi connectivity index (χ4v) is 2.70. The van der Waals surface area contributed by atoms with Crippen molar-refractivity contribution >= 4 is 11.9 Å². The van der Waals surface area contributed by atoms with Gasteiger partial charge in [-0.15, -0.1) is 0 Å². The summed E-state index contributed by atoms with van der Waals surface area (Å²) in [5.74, 6) is 0.0293. The van der Waals surface area contributed by atoms with E-state index in [9.17, 15) is 9.59 Å². The van der Waals surface area contributed by atoms with Crippen LogP contribution >= 0.6 is 0 Å². The smallest absolute Gasteiger partial charge is 0.324 e. The van der Waals surface area contributed by atoms with Crippen LogP contribution in [-0.2, 0) is 4.79 Å². The molecule has 0 aromatic rings. The average molecular weight is 224 g/mol. The molecule has 0 spiro atoms. The molecule has 0 N–H and O–H groups in total. The lowest BCUT2D eigenvalue weighted by Crippen LogP contribution is -2.56. The van der Waals surface area contributed by atoms with E-state index in [1.54, 1.807) is 4.90 Å². The van der Waals surface area contributed by atoms with Gasteiger partial charge in [-0.2, -0.15) is 0 Å². The number of carbonyl (C=O) groups excluding carboxylic acids is 2. The SMILES string of the molecule is CCN1CCC(=O)N(C2CCCCC2)C1=O. The first-order valence-corrected chi connectivity index (χ1v) is 6.35. The maximum Gasteiger partial charge on any atom is 0.326 e. The fraction of sp³-hybridized carbons (Fsp3) is 0.833. The Morgan fingerprint density at radius 3 is 2.50 bits per heavy atom. The van der Waals surface area contributed by atoms with E-state index in [2.05, 4.69) is 0 Å². The Kier molecular flexibility index (Phi) is 3.46. The van der Waals surface area contributed by atoms with Gasteiger partial charge in [0.2, 0.25) is 5.91 Å². The molecule has 2 aliphatic rings. The van der Waals surface area contributed by atoms with Crippen molar-refractivity contribution in [2.75, 3.05) is 13.1 Å². The standard InChI is InChI=1S/C12H20N2O2/c1-2-13-9-8-11(15)14(12(13)16)10-6-4-3-5-7-10/h10H,2-9H2,1H3. The number of hydrogen-bond acceptors (Lipinski definition) is 2. The zero-order valence-electron chi connectivity index (χ0n) is 9.95. The van der Waals surface area contributed by atoms with Crippen LogP contribution in [0.1, 0.15) is 45.4 Å². The minimum Gasteiger partial charge on any atom is -0.324 e. The van der Waals surface area contributed by atoms with E-state index in [4.69, 9.17) is 0 Å². The van der Waals surface area contributed by atoms with Gasteiger partial charge in [-0.05, 0) is 19.8 Å². The molecule has 2 fully saturated rings. The average Bonchev–Trinajstić information content (AvgIpc) is 2.31. The number of nitrogens with zero attached hydrogens (tertiary/aromatic N) is 2. The van der Waals surface area contributed by atoms with Crippen LogP contribution < -0.4 is 0 Å². The molecule has 0 unspecified atom stereocenters. The summed E-state index contributed by atoms with van der Waals surface area (Å²) >= 11 is 0. The Balaban J connectivity index is 2.09. The first kappa shape index (κ1) is 11.4.